The molecule has 1 atom stereocenters. The van der Waals surface area contributed by atoms with E-state index in [0.29, 0.717) is 19.3 Å². The maximum Gasteiger partial charge on any atom is 0.306 e. The van der Waals surface area contributed by atoms with E-state index in [-0.39, 0.29) is 31.1 Å². The number of hydrogen-bond acceptors (Lipinski definition) is 6. The van der Waals surface area contributed by atoms with Crippen LogP contribution in [0, 0.1) is 0 Å². The van der Waals surface area contributed by atoms with Crippen LogP contribution >= 0.6 is 0 Å². The minimum absolute atomic E-state index is 0.0697. The Bertz CT molecular complexity index is 1080. The summed E-state index contributed by atoms with van der Waals surface area (Å²) < 4.78 is 16.9. The Kier molecular flexibility index (Phi) is 54.7. The van der Waals surface area contributed by atoms with Gasteiger partial charge in [0.15, 0.2) is 6.10 Å². The third-order valence-electron chi connectivity index (χ3n) is 13.4. The van der Waals surface area contributed by atoms with Crippen LogP contribution in [0.25, 0.3) is 0 Å². The first kappa shape index (κ1) is 64.9. The summed E-state index contributed by atoms with van der Waals surface area (Å²) in [6, 6.07) is 0. The lowest BCUT2D eigenvalue weighted by Crippen LogP contribution is -2.30. The maximum atomic E-state index is 12.9. The lowest BCUT2D eigenvalue weighted by atomic mass is 10.0. The van der Waals surface area contributed by atoms with Crippen LogP contribution in [0.3, 0.4) is 0 Å². The molecule has 0 saturated heterocycles. The molecule has 0 radical (unpaired) electrons. The van der Waals surface area contributed by atoms with Gasteiger partial charge in [-0.05, 0) is 70.6 Å². The molecule has 0 aliphatic carbocycles. The third-order valence-corrected chi connectivity index (χ3v) is 13.4. The van der Waals surface area contributed by atoms with E-state index >= 15 is 0 Å². The number of ether oxygens (including phenoxy) is 3. The first-order valence-electron chi connectivity index (χ1n) is 29.8. The minimum atomic E-state index is -0.772. The number of esters is 3. The van der Waals surface area contributed by atoms with Crippen LogP contribution in [0.4, 0.5) is 0 Å². The highest BCUT2D eigenvalue weighted by Gasteiger charge is 2.19. The number of rotatable bonds is 55. The molecule has 6 heteroatoms. The molecule has 67 heavy (non-hydrogen) atoms. The van der Waals surface area contributed by atoms with E-state index in [1.165, 1.54) is 231 Å². The SMILES string of the molecule is CCCCCCCC/C=C/CCCCCCCCCC(=O)OC[C@@H](COC(=O)CCCCCCCCCCCCCCCCC)OC(=O)CCCCCCCCC/C=C/CCCCCCCC. The van der Waals surface area contributed by atoms with Crippen LogP contribution in [0.2, 0.25) is 0 Å². The largest absolute Gasteiger partial charge is 0.462 e. The highest BCUT2D eigenvalue weighted by molar-refractivity contribution is 5.71. The van der Waals surface area contributed by atoms with Gasteiger partial charge in [0.05, 0.1) is 0 Å². The molecular formula is C61H114O6. The topological polar surface area (TPSA) is 78.9 Å². The number of unbranched alkanes of at least 4 members (excludes halogenated alkanes) is 40. The molecule has 0 aromatic heterocycles. The van der Waals surface area contributed by atoms with Gasteiger partial charge in [-0.3, -0.25) is 14.4 Å². The second-order valence-corrected chi connectivity index (χ2v) is 20.3. The molecule has 0 N–H and O–H groups in total. The second-order valence-electron chi connectivity index (χ2n) is 20.3. The summed E-state index contributed by atoms with van der Waals surface area (Å²) in [7, 11) is 0. The molecule has 0 amide bonds. The quantitative estimate of drug-likeness (QED) is 0.0262. The van der Waals surface area contributed by atoms with Crippen LogP contribution in [0.1, 0.15) is 329 Å². The molecule has 0 rings (SSSR count). The Morgan fingerprint density at radius 3 is 0.746 bits per heavy atom. The van der Waals surface area contributed by atoms with E-state index in [9.17, 15) is 14.4 Å². The summed E-state index contributed by atoms with van der Waals surface area (Å²) in [5.41, 5.74) is 0. The van der Waals surface area contributed by atoms with Gasteiger partial charge >= 0.3 is 17.9 Å². The standard InChI is InChI=1S/C61H114O6/c1-4-7-10-13-16-19-22-25-28-30-33-36-39-42-45-48-51-54-60(63)66-57-58(56-65-59(62)53-50-47-44-41-38-35-32-27-24-21-18-15-12-9-6-3)67-61(64)55-52-49-46-43-40-37-34-31-29-26-23-20-17-14-11-8-5-2/h25-26,28-29,58H,4-24,27,30-57H2,1-3H3/b28-25+,29-26+/t58-/m1/s1. The summed E-state index contributed by atoms with van der Waals surface area (Å²) in [5.74, 6) is -0.857. The normalized spacial score (nSPS) is 12.1. The van der Waals surface area contributed by atoms with E-state index in [1.807, 2.05) is 0 Å². The Labute approximate surface area is 417 Å². The molecule has 0 aliphatic rings. The highest BCUT2D eigenvalue weighted by Crippen LogP contribution is 2.17. The van der Waals surface area contributed by atoms with Gasteiger partial charge in [-0.2, -0.15) is 0 Å². The van der Waals surface area contributed by atoms with Crippen LogP contribution in [0.5, 0.6) is 0 Å². The van der Waals surface area contributed by atoms with Crippen LogP contribution in [-0.2, 0) is 28.6 Å². The first-order valence-corrected chi connectivity index (χ1v) is 29.8. The zero-order chi connectivity index (χ0) is 48.6. The number of hydrogen-bond donors (Lipinski definition) is 0. The average Bonchev–Trinajstić information content (AvgIpc) is 3.33. The Morgan fingerprint density at radius 2 is 0.493 bits per heavy atom. The fraction of sp³-hybridized carbons (Fsp3) is 0.885. The van der Waals surface area contributed by atoms with Crippen molar-refractivity contribution in [2.24, 2.45) is 0 Å². The molecule has 0 aromatic carbocycles. The highest BCUT2D eigenvalue weighted by atomic mass is 16.6. The summed E-state index contributed by atoms with van der Waals surface area (Å²) >= 11 is 0. The fourth-order valence-corrected chi connectivity index (χ4v) is 8.91. The molecule has 0 bridgehead atoms. The van der Waals surface area contributed by atoms with Crippen molar-refractivity contribution >= 4 is 17.9 Å². The molecule has 0 heterocycles. The molecule has 0 unspecified atom stereocenters. The third kappa shape index (κ3) is 54.7. The van der Waals surface area contributed by atoms with Gasteiger partial charge in [0.2, 0.25) is 0 Å². The van der Waals surface area contributed by atoms with Crippen molar-refractivity contribution in [2.45, 2.75) is 335 Å². The molecular weight excluding hydrogens is 829 g/mol. The summed E-state index contributed by atoms with van der Waals surface area (Å²) in [6.45, 7) is 6.68. The van der Waals surface area contributed by atoms with Crippen molar-refractivity contribution in [3.63, 3.8) is 0 Å². The van der Waals surface area contributed by atoms with Gasteiger partial charge in [0.25, 0.3) is 0 Å². The monoisotopic (exact) mass is 943 g/mol. The van der Waals surface area contributed by atoms with E-state index in [0.717, 1.165) is 57.8 Å². The summed E-state index contributed by atoms with van der Waals surface area (Å²) in [6.07, 6.45) is 65.9. The van der Waals surface area contributed by atoms with Crippen LogP contribution < -0.4 is 0 Å². The number of carbonyl (C=O) groups is 3. The molecule has 6 nitrogen and oxygen atoms in total. The van der Waals surface area contributed by atoms with Crippen LogP contribution in [0.15, 0.2) is 24.3 Å². The number of carbonyl (C=O) groups excluding carboxylic acids is 3. The Hall–Kier alpha value is -2.11. The lowest BCUT2D eigenvalue weighted by molar-refractivity contribution is -0.167. The zero-order valence-corrected chi connectivity index (χ0v) is 45.2. The number of allylic oxidation sites excluding steroid dienone is 4. The van der Waals surface area contributed by atoms with Gasteiger partial charge in [-0.1, -0.05) is 263 Å². The average molecular weight is 944 g/mol. The van der Waals surface area contributed by atoms with Crippen molar-refractivity contribution in [3.8, 4) is 0 Å². The second kappa shape index (κ2) is 56.5. The first-order chi connectivity index (χ1) is 33.0. The van der Waals surface area contributed by atoms with Gasteiger partial charge in [-0.15, -0.1) is 0 Å². The smallest absolute Gasteiger partial charge is 0.306 e. The molecule has 0 aromatic rings. The molecule has 0 fully saturated rings. The van der Waals surface area contributed by atoms with E-state index < -0.39 is 6.10 Å². The van der Waals surface area contributed by atoms with Crippen molar-refractivity contribution < 1.29 is 28.6 Å². The Morgan fingerprint density at radius 1 is 0.284 bits per heavy atom. The van der Waals surface area contributed by atoms with Crippen molar-refractivity contribution in [1.82, 2.24) is 0 Å². The van der Waals surface area contributed by atoms with E-state index in [4.69, 9.17) is 14.2 Å². The van der Waals surface area contributed by atoms with Gasteiger partial charge in [-0.25, -0.2) is 0 Å². The van der Waals surface area contributed by atoms with E-state index in [2.05, 4.69) is 45.1 Å². The fourth-order valence-electron chi connectivity index (χ4n) is 8.91. The molecule has 394 valence electrons. The van der Waals surface area contributed by atoms with Crippen molar-refractivity contribution in [1.29, 1.82) is 0 Å². The van der Waals surface area contributed by atoms with Gasteiger partial charge in [0, 0.05) is 19.3 Å². The van der Waals surface area contributed by atoms with Crippen molar-refractivity contribution in [2.75, 3.05) is 13.2 Å². The predicted octanol–water partition coefficient (Wildman–Crippen LogP) is 19.9. The van der Waals surface area contributed by atoms with Crippen LogP contribution in [-0.4, -0.2) is 37.2 Å². The molecule has 0 aliphatic heterocycles. The lowest BCUT2D eigenvalue weighted by Gasteiger charge is -2.18. The molecule has 0 saturated carbocycles. The zero-order valence-electron chi connectivity index (χ0n) is 45.2. The van der Waals surface area contributed by atoms with Crippen molar-refractivity contribution in [3.05, 3.63) is 24.3 Å². The maximum absolute atomic E-state index is 12.9. The summed E-state index contributed by atoms with van der Waals surface area (Å²) in [5, 5.41) is 0. The Balaban J connectivity index is 4.34. The van der Waals surface area contributed by atoms with E-state index in [1.54, 1.807) is 0 Å². The predicted molar refractivity (Wildman–Crippen MR) is 289 cm³/mol. The summed E-state index contributed by atoms with van der Waals surface area (Å²) in [4.78, 5) is 38.2. The van der Waals surface area contributed by atoms with Gasteiger partial charge < -0.3 is 14.2 Å². The molecule has 0 spiro atoms. The van der Waals surface area contributed by atoms with Gasteiger partial charge in [0.1, 0.15) is 13.2 Å². The minimum Gasteiger partial charge on any atom is -0.462 e.